The van der Waals surface area contributed by atoms with Crippen LogP contribution in [0.5, 0.6) is 0 Å². The molecular weight excluding hydrogens is 375 g/mol. The quantitative estimate of drug-likeness (QED) is 0.152. The van der Waals surface area contributed by atoms with Gasteiger partial charge in [-0.15, -0.1) is 0 Å². The fourth-order valence-electron chi connectivity index (χ4n) is 2.97. The topological polar surface area (TPSA) is 80.7 Å². The summed E-state index contributed by atoms with van der Waals surface area (Å²) in [4.78, 5) is 11.4. The van der Waals surface area contributed by atoms with Crippen molar-refractivity contribution >= 4 is 16.1 Å². The summed E-state index contributed by atoms with van der Waals surface area (Å²) in [6, 6.07) is 0. The SMILES string of the molecule is CCCCCCCCCCCCCCCCCC(=O)OCCS(=O)(=O)O.[H-].[Na+]. The van der Waals surface area contributed by atoms with Crippen molar-refractivity contribution in [2.24, 2.45) is 0 Å². The van der Waals surface area contributed by atoms with Crippen LogP contribution in [-0.2, 0) is 19.6 Å². The van der Waals surface area contributed by atoms with E-state index in [1.165, 1.54) is 77.0 Å². The zero-order valence-corrected chi connectivity index (χ0v) is 20.5. The summed E-state index contributed by atoms with van der Waals surface area (Å²) >= 11 is 0. The zero-order chi connectivity index (χ0) is 19.5. The molecular formula is C20H41NaO5S. The molecule has 1 N–H and O–H groups in total. The van der Waals surface area contributed by atoms with Crippen LogP contribution in [0.1, 0.15) is 111 Å². The monoisotopic (exact) mass is 416 g/mol. The van der Waals surface area contributed by atoms with Gasteiger partial charge in [-0.25, -0.2) is 0 Å². The van der Waals surface area contributed by atoms with Crippen molar-refractivity contribution in [1.82, 2.24) is 0 Å². The third-order valence-corrected chi connectivity index (χ3v) is 5.27. The Kier molecular flexibility index (Phi) is 23.1. The standard InChI is InChI=1S/C20H40O5S.Na.H/c1-2-3-4-5-6-7-8-9-10-11-12-13-14-15-16-17-20(21)25-18-19-26(22,23)24;;/h2-19H2,1H3,(H,22,23,24);;/q;+1;-1. The van der Waals surface area contributed by atoms with Gasteiger partial charge in [0, 0.05) is 6.42 Å². The number of ether oxygens (including phenoxy) is 1. The van der Waals surface area contributed by atoms with Crippen molar-refractivity contribution < 1.29 is 53.5 Å². The minimum atomic E-state index is -4.05. The molecule has 0 atom stereocenters. The molecule has 0 rings (SSSR count). The van der Waals surface area contributed by atoms with Crippen LogP contribution in [0.25, 0.3) is 0 Å². The maximum Gasteiger partial charge on any atom is 1.00 e. The Balaban J connectivity index is -0.00000312. The number of rotatable bonds is 19. The summed E-state index contributed by atoms with van der Waals surface area (Å²) in [5, 5.41) is 0. The van der Waals surface area contributed by atoms with Crippen LogP contribution in [0.15, 0.2) is 0 Å². The first-order valence-corrected chi connectivity index (χ1v) is 12.2. The third kappa shape index (κ3) is 26.4. The number of hydrogen-bond acceptors (Lipinski definition) is 4. The maximum absolute atomic E-state index is 11.4. The van der Waals surface area contributed by atoms with E-state index in [4.69, 9.17) is 9.29 Å². The van der Waals surface area contributed by atoms with E-state index in [0.717, 1.165) is 19.3 Å². The van der Waals surface area contributed by atoms with Crippen LogP contribution >= 0.6 is 0 Å². The molecule has 0 spiro atoms. The van der Waals surface area contributed by atoms with E-state index in [-0.39, 0.29) is 43.6 Å². The first-order chi connectivity index (χ1) is 12.5. The van der Waals surface area contributed by atoms with Gasteiger partial charge in [-0.05, 0) is 6.42 Å². The Morgan fingerprint density at radius 3 is 1.52 bits per heavy atom. The third-order valence-electron chi connectivity index (χ3n) is 4.59. The molecule has 158 valence electrons. The average Bonchev–Trinajstić information content (AvgIpc) is 2.57. The summed E-state index contributed by atoms with van der Waals surface area (Å²) in [6.45, 7) is 1.99. The van der Waals surface area contributed by atoms with Crippen LogP contribution < -0.4 is 29.6 Å². The van der Waals surface area contributed by atoms with Gasteiger partial charge < -0.3 is 6.16 Å². The van der Waals surface area contributed by atoms with Gasteiger partial charge in [-0.2, -0.15) is 8.42 Å². The van der Waals surface area contributed by atoms with Gasteiger partial charge in [0.15, 0.2) is 0 Å². The molecule has 5 nitrogen and oxygen atoms in total. The molecule has 0 aromatic carbocycles. The minimum Gasteiger partial charge on any atom is -1.00 e. The number of esters is 1. The Morgan fingerprint density at radius 1 is 0.778 bits per heavy atom. The van der Waals surface area contributed by atoms with Crippen molar-refractivity contribution in [3.8, 4) is 0 Å². The molecule has 27 heavy (non-hydrogen) atoms. The predicted molar refractivity (Wildman–Crippen MR) is 108 cm³/mol. The van der Waals surface area contributed by atoms with E-state index in [9.17, 15) is 13.2 Å². The number of carbonyl (C=O) groups excluding carboxylic acids is 1. The van der Waals surface area contributed by atoms with Gasteiger partial charge >= 0.3 is 35.5 Å². The summed E-state index contributed by atoms with van der Waals surface area (Å²) < 4.78 is 34.3. The second-order valence-corrected chi connectivity index (χ2v) is 8.78. The van der Waals surface area contributed by atoms with E-state index in [0.29, 0.717) is 6.42 Å². The second-order valence-electron chi connectivity index (χ2n) is 7.21. The molecule has 0 radical (unpaired) electrons. The largest absolute Gasteiger partial charge is 1.00 e. The minimum absolute atomic E-state index is 0. The number of unbranched alkanes of at least 4 members (excludes halogenated alkanes) is 14. The Bertz CT molecular complexity index is 432. The average molecular weight is 417 g/mol. The fourth-order valence-corrected chi connectivity index (χ4v) is 3.27. The van der Waals surface area contributed by atoms with Crippen molar-refractivity contribution in [3.05, 3.63) is 0 Å². The van der Waals surface area contributed by atoms with Crippen LogP contribution in [-0.4, -0.2) is 31.3 Å². The van der Waals surface area contributed by atoms with Crippen molar-refractivity contribution in [2.45, 2.75) is 110 Å². The maximum atomic E-state index is 11.4. The van der Waals surface area contributed by atoms with Gasteiger partial charge in [-0.1, -0.05) is 96.8 Å². The molecule has 0 fully saturated rings. The molecule has 0 aliphatic heterocycles. The van der Waals surface area contributed by atoms with Crippen LogP contribution in [0, 0.1) is 0 Å². The summed E-state index contributed by atoms with van der Waals surface area (Å²) in [7, 11) is -4.05. The molecule has 7 heteroatoms. The van der Waals surface area contributed by atoms with Crippen molar-refractivity contribution in [3.63, 3.8) is 0 Å². The normalized spacial score (nSPS) is 11.2. The Labute approximate surface area is 190 Å². The smallest absolute Gasteiger partial charge is 1.00 e. The number of carbonyl (C=O) groups is 1. The first kappa shape index (κ1) is 29.6. The van der Waals surface area contributed by atoms with E-state index in [2.05, 4.69) is 6.92 Å². The van der Waals surface area contributed by atoms with Crippen molar-refractivity contribution in [2.75, 3.05) is 12.4 Å². The van der Waals surface area contributed by atoms with E-state index < -0.39 is 15.9 Å². The molecule has 0 amide bonds. The van der Waals surface area contributed by atoms with Gasteiger partial charge in [0.2, 0.25) is 0 Å². The second kappa shape index (κ2) is 21.1. The van der Waals surface area contributed by atoms with Crippen LogP contribution in [0.2, 0.25) is 0 Å². The predicted octanol–water partition coefficient (Wildman–Crippen LogP) is 2.80. The molecule has 0 saturated heterocycles. The molecule has 0 aromatic rings. The molecule has 0 aromatic heterocycles. The van der Waals surface area contributed by atoms with Gasteiger partial charge in [0.05, 0.1) is 0 Å². The molecule has 0 aliphatic carbocycles. The van der Waals surface area contributed by atoms with E-state index in [1.54, 1.807) is 0 Å². The fraction of sp³-hybridized carbons (Fsp3) is 0.950. The Hall–Kier alpha value is 0.380. The van der Waals surface area contributed by atoms with Crippen molar-refractivity contribution in [1.29, 1.82) is 0 Å². The van der Waals surface area contributed by atoms with Gasteiger partial charge in [-0.3, -0.25) is 9.35 Å². The van der Waals surface area contributed by atoms with Gasteiger partial charge in [0.25, 0.3) is 10.1 Å². The molecule has 0 unspecified atom stereocenters. The molecule has 0 saturated carbocycles. The Morgan fingerprint density at radius 2 is 1.15 bits per heavy atom. The molecule has 0 aliphatic rings. The zero-order valence-electron chi connectivity index (χ0n) is 18.7. The van der Waals surface area contributed by atoms with E-state index >= 15 is 0 Å². The number of hydrogen-bond donors (Lipinski definition) is 1. The van der Waals surface area contributed by atoms with Crippen LogP contribution in [0.3, 0.4) is 0 Å². The van der Waals surface area contributed by atoms with Crippen LogP contribution in [0.4, 0.5) is 0 Å². The van der Waals surface area contributed by atoms with Gasteiger partial charge in [0.1, 0.15) is 12.4 Å². The molecule has 0 heterocycles. The summed E-state index contributed by atoms with van der Waals surface area (Å²) in [5.41, 5.74) is 0. The molecule has 0 bridgehead atoms. The van der Waals surface area contributed by atoms with E-state index in [1.807, 2.05) is 0 Å². The summed E-state index contributed by atoms with van der Waals surface area (Å²) in [6.07, 6.45) is 19.4. The first-order valence-electron chi connectivity index (χ1n) is 10.6. The summed E-state index contributed by atoms with van der Waals surface area (Å²) in [5.74, 6) is -0.916.